The van der Waals surface area contributed by atoms with Crippen molar-refractivity contribution in [3.8, 4) is 5.69 Å². The van der Waals surface area contributed by atoms with E-state index >= 15 is 0 Å². The van der Waals surface area contributed by atoms with E-state index in [1.54, 1.807) is 6.07 Å². The highest BCUT2D eigenvalue weighted by Gasteiger charge is 2.44. The molecule has 0 aliphatic heterocycles. The molecule has 0 bridgehead atoms. The highest BCUT2D eigenvalue weighted by molar-refractivity contribution is 5.95. The van der Waals surface area contributed by atoms with Gasteiger partial charge in [0.15, 0.2) is 0 Å². The van der Waals surface area contributed by atoms with Gasteiger partial charge in [0.05, 0.1) is 4.92 Å². The number of nitrogens with one attached hydrogen (secondary N) is 1. The zero-order valence-electron chi connectivity index (χ0n) is 14.4. The second kappa shape index (κ2) is 6.64. The minimum absolute atomic E-state index is 0.0243. The summed E-state index contributed by atoms with van der Waals surface area (Å²) in [6, 6.07) is 14.4. The standard InChI is InChI=1S/C19H17N5O3/c25-18(21-11-19(8-9-19)15-4-2-1-3-5-15)14-6-7-16(17(10-14)24(26)27)23-13-20-12-22-23/h1-7,10,12-13H,8-9,11H2,(H,21,25). The van der Waals surface area contributed by atoms with Crippen molar-refractivity contribution in [1.82, 2.24) is 20.1 Å². The maximum atomic E-state index is 12.6. The number of nitrogens with zero attached hydrogens (tertiary/aromatic N) is 4. The van der Waals surface area contributed by atoms with Gasteiger partial charge in [-0.25, -0.2) is 9.67 Å². The number of hydrogen-bond donors (Lipinski definition) is 1. The Labute approximate surface area is 155 Å². The van der Waals surface area contributed by atoms with Crippen LogP contribution in [0.3, 0.4) is 0 Å². The van der Waals surface area contributed by atoms with Crippen LogP contribution in [0.5, 0.6) is 0 Å². The normalized spacial score (nSPS) is 14.5. The average molecular weight is 363 g/mol. The number of nitro benzene ring substituents is 1. The van der Waals surface area contributed by atoms with E-state index in [4.69, 9.17) is 0 Å². The number of hydrogen-bond acceptors (Lipinski definition) is 5. The Balaban J connectivity index is 1.53. The van der Waals surface area contributed by atoms with Gasteiger partial charge in [0.2, 0.25) is 0 Å². The lowest BCUT2D eigenvalue weighted by molar-refractivity contribution is -0.384. The molecule has 8 heteroatoms. The van der Waals surface area contributed by atoms with Gasteiger partial charge in [-0.05, 0) is 30.5 Å². The molecular weight excluding hydrogens is 346 g/mol. The van der Waals surface area contributed by atoms with Crippen LogP contribution in [-0.2, 0) is 5.41 Å². The molecule has 4 rings (SSSR count). The lowest BCUT2D eigenvalue weighted by atomic mass is 9.96. The summed E-state index contributed by atoms with van der Waals surface area (Å²) in [6.45, 7) is 0.508. The molecule has 1 aliphatic carbocycles. The maximum Gasteiger partial charge on any atom is 0.295 e. The van der Waals surface area contributed by atoms with E-state index in [2.05, 4.69) is 27.5 Å². The number of amides is 1. The summed E-state index contributed by atoms with van der Waals surface area (Å²) in [5.41, 5.74) is 1.49. The fraction of sp³-hybridized carbons (Fsp3) is 0.211. The van der Waals surface area contributed by atoms with E-state index in [-0.39, 0.29) is 28.3 Å². The van der Waals surface area contributed by atoms with E-state index in [0.717, 1.165) is 12.8 Å². The van der Waals surface area contributed by atoms with Gasteiger partial charge in [0.1, 0.15) is 18.3 Å². The Morgan fingerprint density at radius 3 is 2.63 bits per heavy atom. The number of carbonyl (C=O) groups is 1. The number of rotatable bonds is 6. The molecule has 0 unspecified atom stereocenters. The Bertz CT molecular complexity index is 982. The average Bonchev–Trinajstić information content (AvgIpc) is 3.30. The molecular formula is C19H17N5O3. The van der Waals surface area contributed by atoms with Crippen molar-refractivity contribution in [2.75, 3.05) is 6.54 Å². The van der Waals surface area contributed by atoms with E-state index in [9.17, 15) is 14.9 Å². The van der Waals surface area contributed by atoms with E-state index in [0.29, 0.717) is 6.54 Å². The number of nitro groups is 1. The third-order valence-electron chi connectivity index (χ3n) is 4.93. The van der Waals surface area contributed by atoms with Gasteiger partial charge >= 0.3 is 0 Å². The summed E-state index contributed by atoms with van der Waals surface area (Å²) in [4.78, 5) is 27.2. The molecule has 0 spiro atoms. The monoisotopic (exact) mass is 363 g/mol. The third-order valence-corrected chi connectivity index (χ3v) is 4.93. The van der Waals surface area contributed by atoms with Crippen LogP contribution in [0.2, 0.25) is 0 Å². The first-order valence-corrected chi connectivity index (χ1v) is 8.56. The van der Waals surface area contributed by atoms with Gasteiger partial charge in [-0.2, -0.15) is 5.10 Å². The Morgan fingerprint density at radius 1 is 1.22 bits per heavy atom. The Hall–Kier alpha value is -3.55. The summed E-state index contributed by atoms with van der Waals surface area (Å²) in [7, 11) is 0. The Morgan fingerprint density at radius 2 is 2.00 bits per heavy atom. The van der Waals surface area contributed by atoms with E-state index in [1.807, 2.05) is 18.2 Å². The SMILES string of the molecule is O=C(NCC1(c2ccccc2)CC1)c1ccc(-n2cncn2)c([N+](=O)[O-])c1. The topological polar surface area (TPSA) is 103 Å². The molecule has 1 N–H and O–H groups in total. The van der Waals surface area contributed by atoms with Crippen LogP contribution < -0.4 is 5.32 Å². The molecule has 1 aromatic heterocycles. The van der Waals surface area contributed by atoms with Crippen LogP contribution in [-0.4, -0.2) is 32.1 Å². The van der Waals surface area contributed by atoms with Crippen LogP contribution in [0.25, 0.3) is 5.69 Å². The van der Waals surface area contributed by atoms with Crippen LogP contribution in [0.1, 0.15) is 28.8 Å². The molecule has 2 aromatic carbocycles. The smallest absolute Gasteiger partial charge is 0.295 e. The van der Waals surface area contributed by atoms with Gasteiger partial charge in [0.25, 0.3) is 11.6 Å². The van der Waals surface area contributed by atoms with Crippen LogP contribution in [0.15, 0.2) is 61.2 Å². The first-order chi connectivity index (χ1) is 13.1. The van der Waals surface area contributed by atoms with Crippen LogP contribution in [0.4, 0.5) is 5.69 Å². The van der Waals surface area contributed by atoms with Gasteiger partial charge in [-0.3, -0.25) is 14.9 Å². The maximum absolute atomic E-state index is 12.6. The van der Waals surface area contributed by atoms with Gasteiger partial charge < -0.3 is 5.32 Å². The molecule has 136 valence electrons. The molecule has 0 atom stereocenters. The van der Waals surface area contributed by atoms with Gasteiger partial charge in [-0.1, -0.05) is 30.3 Å². The molecule has 1 fully saturated rings. The summed E-state index contributed by atoms with van der Waals surface area (Å²) in [5.74, 6) is -0.328. The fourth-order valence-electron chi connectivity index (χ4n) is 3.20. The largest absolute Gasteiger partial charge is 0.351 e. The lowest BCUT2D eigenvalue weighted by Crippen LogP contribution is -2.32. The summed E-state index contributed by atoms with van der Waals surface area (Å²) >= 11 is 0. The van der Waals surface area contributed by atoms with Crippen molar-refractivity contribution in [2.24, 2.45) is 0 Å². The predicted octanol–water partition coefficient (Wildman–Crippen LogP) is 2.64. The number of carbonyl (C=O) groups excluding carboxylic acids is 1. The molecule has 0 radical (unpaired) electrons. The van der Waals surface area contributed by atoms with Gasteiger partial charge in [-0.15, -0.1) is 0 Å². The van der Waals surface area contributed by atoms with E-state index in [1.165, 1.54) is 35.0 Å². The molecule has 1 aliphatic rings. The number of benzene rings is 2. The second-order valence-electron chi connectivity index (χ2n) is 6.63. The highest BCUT2D eigenvalue weighted by atomic mass is 16.6. The fourth-order valence-corrected chi connectivity index (χ4v) is 3.20. The van der Waals surface area contributed by atoms with Crippen molar-refractivity contribution >= 4 is 11.6 Å². The quantitative estimate of drug-likeness (QED) is 0.536. The molecule has 1 saturated carbocycles. The van der Waals surface area contributed by atoms with Crippen molar-refractivity contribution in [1.29, 1.82) is 0 Å². The van der Waals surface area contributed by atoms with Crippen LogP contribution >= 0.6 is 0 Å². The lowest BCUT2D eigenvalue weighted by Gasteiger charge is -2.16. The summed E-state index contributed by atoms with van der Waals surface area (Å²) in [5, 5.41) is 18.3. The summed E-state index contributed by atoms with van der Waals surface area (Å²) < 4.78 is 1.30. The zero-order chi connectivity index (χ0) is 18.9. The summed E-state index contributed by atoms with van der Waals surface area (Å²) in [6.07, 6.45) is 4.70. The van der Waals surface area contributed by atoms with Crippen molar-refractivity contribution in [3.63, 3.8) is 0 Å². The molecule has 3 aromatic rings. The van der Waals surface area contributed by atoms with Crippen molar-refractivity contribution in [2.45, 2.75) is 18.3 Å². The van der Waals surface area contributed by atoms with E-state index < -0.39 is 4.92 Å². The molecule has 1 amide bonds. The Kier molecular flexibility index (Phi) is 4.15. The third kappa shape index (κ3) is 3.29. The predicted molar refractivity (Wildman–Crippen MR) is 97.7 cm³/mol. The molecule has 0 saturated heterocycles. The molecule has 1 heterocycles. The molecule has 8 nitrogen and oxygen atoms in total. The van der Waals surface area contributed by atoms with Crippen molar-refractivity contribution in [3.05, 3.63) is 82.4 Å². The van der Waals surface area contributed by atoms with Crippen LogP contribution in [0, 0.1) is 10.1 Å². The first-order valence-electron chi connectivity index (χ1n) is 8.56. The molecule has 27 heavy (non-hydrogen) atoms. The second-order valence-corrected chi connectivity index (χ2v) is 6.63. The van der Waals surface area contributed by atoms with Crippen molar-refractivity contribution < 1.29 is 9.72 Å². The highest BCUT2D eigenvalue weighted by Crippen LogP contribution is 2.47. The van der Waals surface area contributed by atoms with Gasteiger partial charge in [0, 0.05) is 23.6 Å². The zero-order valence-corrected chi connectivity index (χ0v) is 14.4. The number of aromatic nitrogens is 3. The minimum atomic E-state index is -0.528. The minimum Gasteiger partial charge on any atom is -0.351 e. The first kappa shape index (κ1) is 16.9.